The van der Waals surface area contributed by atoms with Gasteiger partial charge < -0.3 is 19.8 Å². The van der Waals surface area contributed by atoms with Crippen LogP contribution in [0.15, 0.2) is 24.3 Å². The van der Waals surface area contributed by atoms with Crippen LogP contribution in [0.3, 0.4) is 0 Å². The minimum atomic E-state index is -4.32. The first-order valence-electron chi connectivity index (χ1n) is 26.7. The van der Waals surface area contributed by atoms with Crippen molar-refractivity contribution in [3.63, 3.8) is 0 Å². The normalized spacial score (nSPS) is 14.2. The molecule has 0 radical (unpaired) electrons. The van der Waals surface area contributed by atoms with Crippen LogP contribution in [-0.4, -0.2) is 73.4 Å². The largest absolute Gasteiger partial charge is 0.472 e. The van der Waals surface area contributed by atoms with Gasteiger partial charge in [0, 0.05) is 6.42 Å². The van der Waals surface area contributed by atoms with Crippen molar-refractivity contribution in [3.8, 4) is 0 Å². The highest BCUT2D eigenvalue weighted by molar-refractivity contribution is 7.47. The van der Waals surface area contributed by atoms with Gasteiger partial charge in [0.2, 0.25) is 5.91 Å². The SMILES string of the molecule is CCCCCC/C=C\C/C=C\CCCCCCCC(=O)NC(COP(=O)(O)OCC[N+](C)(C)C)C(O)CCCCCCCCCCCCCCCCCCCCCCCCCC. The Morgan fingerprint density at radius 3 is 1.34 bits per heavy atom. The lowest BCUT2D eigenvalue weighted by molar-refractivity contribution is -0.870. The number of aliphatic hydroxyl groups is 1. The molecule has 0 spiro atoms. The van der Waals surface area contributed by atoms with Gasteiger partial charge >= 0.3 is 7.82 Å². The van der Waals surface area contributed by atoms with E-state index < -0.39 is 20.0 Å². The van der Waals surface area contributed by atoms with E-state index in [4.69, 9.17) is 9.05 Å². The summed E-state index contributed by atoms with van der Waals surface area (Å²) < 4.78 is 23.7. The van der Waals surface area contributed by atoms with Gasteiger partial charge in [0.15, 0.2) is 0 Å². The summed E-state index contributed by atoms with van der Waals surface area (Å²) >= 11 is 0. The van der Waals surface area contributed by atoms with Crippen LogP contribution in [0.1, 0.15) is 258 Å². The Kier molecular flexibility index (Phi) is 44.4. The molecule has 0 aliphatic rings. The van der Waals surface area contributed by atoms with Gasteiger partial charge in [-0.3, -0.25) is 13.8 Å². The zero-order valence-corrected chi connectivity index (χ0v) is 42.8. The number of unbranched alkanes of at least 4 members (excludes halogenated alkanes) is 32. The second-order valence-electron chi connectivity index (χ2n) is 19.6. The third kappa shape index (κ3) is 47.0. The predicted octanol–water partition coefficient (Wildman–Crippen LogP) is 15.6. The van der Waals surface area contributed by atoms with E-state index >= 15 is 0 Å². The van der Waals surface area contributed by atoms with E-state index in [1.54, 1.807) is 0 Å². The topological polar surface area (TPSA) is 105 Å². The van der Waals surface area contributed by atoms with E-state index in [1.165, 1.54) is 167 Å². The number of quaternary nitrogens is 1. The van der Waals surface area contributed by atoms with Crippen LogP contribution in [0.2, 0.25) is 0 Å². The molecule has 0 aromatic heterocycles. The molecule has 0 saturated heterocycles. The molecular formula is C53H106N2O6P+. The molecule has 3 unspecified atom stereocenters. The molecule has 0 aromatic carbocycles. The van der Waals surface area contributed by atoms with Crippen LogP contribution in [0.4, 0.5) is 0 Å². The Balaban J connectivity index is 4.20. The van der Waals surface area contributed by atoms with Gasteiger partial charge in [-0.2, -0.15) is 0 Å². The first-order chi connectivity index (χ1) is 30.0. The number of hydrogen-bond acceptors (Lipinski definition) is 5. The number of carbonyl (C=O) groups is 1. The lowest BCUT2D eigenvalue weighted by Gasteiger charge is -2.26. The number of carbonyl (C=O) groups excluding carboxylic acids is 1. The quantitative estimate of drug-likeness (QED) is 0.0243. The minimum Gasteiger partial charge on any atom is -0.391 e. The standard InChI is InChI=1S/C53H105N2O6P/c1-6-8-10-12-14-16-18-20-22-24-25-26-27-28-29-30-31-32-34-36-38-40-42-44-46-52(56)51(50-61-62(58,59)60-49-48-55(3,4)5)54-53(57)47-45-43-41-39-37-35-33-23-21-19-17-15-13-11-9-7-2/h17,19,23,33,51-52,56H,6-16,18,20-22,24-32,34-50H2,1-5H3,(H-,54,57,58,59)/p+1/b19-17-,33-23-. The van der Waals surface area contributed by atoms with Crippen LogP contribution in [0.25, 0.3) is 0 Å². The van der Waals surface area contributed by atoms with E-state index in [0.29, 0.717) is 23.9 Å². The van der Waals surface area contributed by atoms with E-state index in [1.807, 2.05) is 21.1 Å². The summed E-state index contributed by atoms with van der Waals surface area (Å²) in [7, 11) is 1.61. The molecule has 0 heterocycles. The molecular weight excluding hydrogens is 792 g/mol. The Labute approximate surface area is 385 Å². The van der Waals surface area contributed by atoms with Crippen LogP contribution >= 0.6 is 7.82 Å². The van der Waals surface area contributed by atoms with Crippen LogP contribution in [0.5, 0.6) is 0 Å². The second kappa shape index (κ2) is 45.1. The molecule has 368 valence electrons. The molecule has 3 atom stereocenters. The van der Waals surface area contributed by atoms with Crippen molar-refractivity contribution in [2.75, 3.05) is 40.9 Å². The van der Waals surface area contributed by atoms with Crippen molar-refractivity contribution in [1.29, 1.82) is 0 Å². The maximum atomic E-state index is 12.9. The third-order valence-corrected chi connectivity index (χ3v) is 13.2. The molecule has 3 N–H and O–H groups in total. The first kappa shape index (κ1) is 61.0. The van der Waals surface area contributed by atoms with Crippen LogP contribution in [-0.2, 0) is 18.4 Å². The number of phosphoric acid groups is 1. The van der Waals surface area contributed by atoms with Crippen molar-refractivity contribution in [2.45, 2.75) is 270 Å². The molecule has 0 rings (SSSR count). The molecule has 0 saturated carbocycles. The Bertz CT molecular complexity index is 1060. The molecule has 0 aliphatic heterocycles. The van der Waals surface area contributed by atoms with Gasteiger partial charge in [0.25, 0.3) is 0 Å². The summed E-state index contributed by atoms with van der Waals surface area (Å²) in [5.41, 5.74) is 0. The lowest BCUT2D eigenvalue weighted by atomic mass is 10.0. The molecule has 0 aliphatic carbocycles. The number of rotatable bonds is 49. The molecule has 9 heteroatoms. The highest BCUT2D eigenvalue weighted by Gasteiger charge is 2.28. The van der Waals surface area contributed by atoms with Crippen molar-refractivity contribution in [2.24, 2.45) is 0 Å². The van der Waals surface area contributed by atoms with E-state index in [9.17, 15) is 19.4 Å². The number of nitrogens with one attached hydrogen (secondary N) is 1. The van der Waals surface area contributed by atoms with Crippen molar-refractivity contribution in [3.05, 3.63) is 24.3 Å². The van der Waals surface area contributed by atoms with Crippen molar-refractivity contribution < 1.29 is 32.9 Å². The fourth-order valence-corrected chi connectivity index (χ4v) is 8.70. The highest BCUT2D eigenvalue weighted by Crippen LogP contribution is 2.43. The molecule has 0 fully saturated rings. The maximum Gasteiger partial charge on any atom is 0.472 e. The van der Waals surface area contributed by atoms with E-state index in [2.05, 4.69) is 43.5 Å². The number of amides is 1. The molecule has 1 amide bonds. The van der Waals surface area contributed by atoms with Crippen LogP contribution < -0.4 is 5.32 Å². The Morgan fingerprint density at radius 1 is 0.548 bits per heavy atom. The fraction of sp³-hybridized carbons (Fsp3) is 0.906. The van der Waals surface area contributed by atoms with Gasteiger partial charge in [0.05, 0.1) is 39.9 Å². The predicted molar refractivity (Wildman–Crippen MR) is 268 cm³/mol. The maximum absolute atomic E-state index is 12.9. The number of phosphoric ester groups is 1. The summed E-state index contributed by atoms with van der Waals surface area (Å²) in [5.74, 6) is -0.155. The number of nitrogens with zero attached hydrogens (tertiary/aromatic N) is 1. The lowest BCUT2D eigenvalue weighted by Crippen LogP contribution is -2.46. The number of hydrogen-bond donors (Lipinski definition) is 3. The summed E-state index contributed by atoms with van der Waals surface area (Å²) in [6.45, 7) is 4.89. The summed E-state index contributed by atoms with van der Waals surface area (Å²) in [6, 6.07) is -0.766. The van der Waals surface area contributed by atoms with Crippen LogP contribution in [0, 0.1) is 0 Å². The molecule has 62 heavy (non-hydrogen) atoms. The number of allylic oxidation sites excluding steroid dienone is 4. The van der Waals surface area contributed by atoms with Gasteiger partial charge in [-0.05, 0) is 44.9 Å². The zero-order chi connectivity index (χ0) is 45.7. The van der Waals surface area contributed by atoms with Crippen molar-refractivity contribution in [1.82, 2.24) is 5.32 Å². The minimum absolute atomic E-state index is 0.0727. The Morgan fingerprint density at radius 2 is 0.919 bits per heavy atom. The van der Waals surface area contributed by atoms with E-state index in [-0.39, 0.29) is 19.1 Å². The average molecular weight is 898 g/mol. The molecule has 0 bridgehead atoms. The summed E-state index contributed by atoms with van der Waals surface area (Å²) in [6.07, 6.45) is 55.1. The highest BCUT2D eigenvalue weighted by atomic mass is 31.2. The van der Waals surface area contributed by atoms with Gasteiger partial charge in [-0.15, -0.1) is 0 Å². The second-order valence-corrected chi connectivity index (χ2v) is 21.1. The van der Waals surface area contributed by atoms with Crippen molar-refractivity contribution >= 4 is 13.7 Å². The average Bonchev–Trinajstić information content (AvgIpc) is 3.23. The van der Waals surface area contributed by atoms with Gasteiger partial charge in [-0.25, -0.2) is 4.57 Å². The molecule has 0 aromatic rings. The molecule has 8 nitrogen and oxygen atoms in total. The fourth-order valence-electron chi connectivity index (χ4n) is 7.96. The number of aliphatic hydroxyl groups excluding tert-OH is 1. The smallest absolute Gasteiger partial charge is 0.391 e. The van der Waals surface area contributed by atoms with Gasteiger partial charge in [0.1, 0.15) is 13.2 Å². The van der Waals surface area contributed by atoms with E-state index in [0.717, 1.165) is 64.2 Å². The van der Waals surface area contributed by atoms with Gasteiger partial charge in [-0.1, -0.05) is 231 Å². The monoisotopic (exact) mass is 898 g/mol. The summed E-state index contributed by atoms with van der Waals surface area (Å²) in [5, 5.41) is 14.0. The first-order valence-corrected chi connectivity index (χ1v) is 28.2. The third-order valence-electron chi connectivity index (χ3n) is 12.2. The Hall–Kier alpha value is -1.02. The number of likely N-dealkylation sites (N-methyl/N-ethyl adjacent to an activating group) is 1. The summed E-state index contributed by atoms with van der Waals surface area (Å²) in [4.78, 5) is 23.2. The zero-order valence-electron chi connectivity index (χ0n) is 41.9.